The number of carbonyl (C=O) groups is 2. The first kappa shape index (κ1) is 23.6. The number of benzene rings is 1. The molecule has 0 unspecified atom stereocenters. The standard InChI is InChI=1S/C21H29N3O5S/c1-5-24(6-2)30(27,28)17-11-9-16(10-12-17)14-22-21(26)19(15(3)4)23-20(25)18-8-7-13-29-18/h7-13,15,19H,5-6,14H2,1-4H3,(H,22,26)(H,23,25)/t19-/m0/s1. The monoisotopic (exact) mass is 435 g/mol. The van der Waals surface area contributed by atoms with E-state index in [9.17, 15) is 18.0 Å². The Labute approximate surface area is 177 Å². The van der Waals surface area contributed by atoms with E-state index in [-0.39, 0.29) is 29.0 Å². The van der Waals surface area contributed by atoms with Crippen molar-refractivity contribution in [2.24, 2.45) is 5.92 Å². The van der Waals surface area contributed by atoms with Crippen LogP contribution < -0.4 is 10.6 Å². The Morgan fingerprint density at radius 1 is 1.07 bits per heavy atom. The molecule has 0 radical (unpaired) electrons. The quantitative estimate of drug-likeness (QED) is 0.596. The molecule has 1 heterocycles. The molecule has 0 saturated carbocycles. The van der Waals surface area contributed by atoms with E-state index in [1.165, 1.54) is 28.8 Å². The Morgan fingerprint density at radius 2 is 1.70 bits per heavy atom. The summed E-state index contributed by atoms with van der Waals surface area (Å²) in [6.07, 6.45) is 1.39. The summed E-state index contributed by atoms with van der Waals surface area (Å²) in [5, 5.41) is 5.47. The molecule has 8 nitrogen and oxygen atoms in total. The van der Waals surface area contributed by atoms with E-state index in [0.29, 0.717) is 13.1 Å². The minimum Gasteiger partial charge on any atom is -0.459 e. The van der Waals surface area contributed by atoms with Gasteiger partial charge in [-0.3, -0.25) is 9.59 Å². The molecule has 2 amide bonds. The molecule has 2 aromatic rings. The van der Waals surface area contributed by atoms with Crippen molar-refractivity contribution in [3.63, 3.8) is 0 Å². The second kappa shape index (κ2) is 10.4. The fourth-order valence-electron chi connectivity index (χ4n) is 2.95. The number of amides is 2. The second-order valence-electron chi connectivity index (χ2n) is 7.12. The number of nitrogens with zero attached hydrogens (tertiary/aromatic N) is 1. The Morgan fingerprint density at radius 3 is 2.20 bits per heavy atom. The highest BCUT2D eigenvalue weighted by molar-refractivity contribution is 7.89. The van der Waals surface area contributed by atoms with E-state index >= 15 is 0 Å². The molecule has 30 heavy (non-hydrogen) atoms. The van der Waals surface area contributed by atoms with Crippen molar-refractivity contribution < 1.29 is 22.4 Å². The van der Waals surface area contributed by atoms with Crippen molar-refractivity contribution in [2.45, 2.75) is 45.2 Å². The molecular weight excluding hydrogens is 406 g/mol. The summed E-state index contributed by atoms with van der Waals surface area (Å²) in [5.74, 6) is -0.784. The largest absolute Gasteiger partial charge is 0.459 e. The van der Waals surface area contributed by atoms with E-state index in [1.807, 2.05) is 13.8 Å². The Kier molecular flexibility index (Phi) is 8.19. The maximum Gasteiger partial charge on any atom is 0.287 e. The molecule has 2 N–H and O–H groups in total. The van der Waals surface area contributed by atoms with Gasteiger partial charge in [0, 0.05) is 19.6 Å². The number of hydrogen-bond acceptors (Lipinski definition) is 5. The number of hydrogen-bond donors (Lipinski definition) is 2. The van der Waals surface area contributed by atoms with Gasteiger partial charge in [0.05, 0.1) is 11.2 Å². The van der Waals surface area contributed by atoms with Gasteiger partial charge in [-0.15, -0.1) is 0 Å². The van der Waals surface area contributed by atoms with Gasteiger partial charge in [-0.25, -0.2) is 8.42 Å². The van der Waals surface area contributed by atoms with Crippen LogP contribution in [0.25, 0.3) is 0 Å². The predicted molar refractivity (Wildman–Crippen MR) is 113 cm³/mol. The molecule has 1 aromatic carbocycles. The molecule has 164 valence electrons. The predicted octanol–water partition coefficient (Wildman–Crippen LogP) is 2.38. The summed E-state index contributed by atoms with van der Waals surface area (Å²) in [4.78, 5) is 25.0. The minimum atomic E-state index is -3.52. The first-order valence-electron chi connectivity index (χ1n) is 9.91. The number of furan rings is 1. The van der Waals surface area contributed by atoms with E-state index in [1.54, 1.807) is 32.0 Å². The van der Waals surface area contributed by atoms with Crippen molar-refractivity contribution in [3.8, 4) is 0 Å². The highest BCUT2D eigenvalue weighted by Crippen LogP contribution is 2.16. The van der Waals surface area contributed by atoms with Crippen LogP contribution in [0.1, 0.15) is 43.8 Å². The van der Waals surface area contributed by atoms with Gasteiger partial charge in [-0.2, -0.15) is 4.31 Å². The molecule has 1 aromatic heterocycles. The Bertz CT molecular complexity index is 934. The fraction of sp³-hybridized carbons (Fsp3) is 0.429. The Hall–Kier alpha value is -2.65. The summed E-state index contributed by atoms with van der Waals surface area (Å²) in [5.41, 5.74) is 0.752. The van der Waals surface area contributed by atoms with Crippen molar-refractivity contribution in [1.82, 2.24) is 14.9 Å². The molecule has 0 fully saturated rings. The number of sulfonamides is 1. The lowest BCUT2D eigenvalue weighted by atomic mass is 10.0. The molecule has 0 aliphatic carbocycles. The molecule has 0 aliphatic rings. The minimum absolute atomic E-state index is 0.134. The van der Waals surface area contributed by atoms with Crippen LogP contribution in [0.4, 0.5) is 0 Å². The average molecular weight is 436 g/mol. The van der Waals surface area contributed by atoms with Crippen molar-refractivity contribution in [1.29, 1.82) is 0 Å². The third-order valence-electron chi connectivity index (χ3n) is 4.71. The first-order chi connectivity index (χ1) is 14.2. The number of carbonyl (C=O) groups excluding carboxylic acids is 2. The van der Waals surface area contributed by atoms with Crippen LogP contribution in [0, 0.1) is 5.92 Å². The van der Waals surface area contributed by atoms with Gasteiger partial charge < -0.3 is 15.1 Å². The average Bonchev–Trinajstić information content (AvgIpc) is 3.26. The van der Waals surface area contributed by atoms with Gasteiger partial charge >= 0.3 is 0 Å². The van der Waals surface area contributed by atoms with E-state index < -0.39 is 22.0 Å². The third kappa shape index (κ3) is 5.70. The lowest BCUT2D eigenvalue weighted by molar-refractivity contribution is -0.124. The summed E-state index contributed by atoms with van der Waals surface area (Å²) in [7, 11) is -3.52. The van der Waals surface area contributed by atoms with Gasteiger partial charge in [0.2, 0.25) is 15.9 Å². The summed E-state index contributed by atoms with van der Waals surface area (Å²) < 4.78 is 31.5. The van der Waals surface area contributed by atoms with Crippen molar-refractivity contribution >= 4 is 21.8 Å². The van der Waals surface area contributed by atoms with Gasteiger partial charge in [-0.05, 0) is 35.7 Å². The highest BCUT2D eigenvalue weighted by atomic mass is 32.2. The van der Waals surface area contributed by atoms with E-state index in [4.69, 9.17) is 4.42 Å². The number of rotatable bonds is 10. The molecule has 0 bridgehead atoms. The van der Waals surface area contributed by atoms with Crippen LogP contribution in [-0.2, 0) is 21.4 Å². The van der Waals surface area contributed by atoms with Crippen LogP contribution in [0.3, 0.4) is 0 Å². The van der Waals surface area contributed by atoms with Crippen LogP contribution in [0.2, 0.25) is 0 Å². The molecule has 0 aliphatic heterocycles. The SMILES string of the molecule is CCN(CC)S(=O)(=O)c1ccc(CNC(=O)[C@@H](NC(=O)c2ccco2)C(C)C)cc1. The van der Waals surface area contributed by atoms with Crippen LogP contribution in [0.15, 0.2) is 52.0 Å². The molecular formula is C21H29N3O5S. The van der Waals surface area contributed by atoms with E-state index in [0.717, 1.165) is 5.56 Å². The maximum atomic E-state index is 12.6. The summed E-state index contributed by atoms with van der Waals surface area (Å²) in [6, 6.07) is 8.80. The molecule has 2 rings (SSSR count). The summed E-state index contributed by atoms with van der Waals surface area (Å²) in [6.45, 7) is 8.26. The first-order valence-corrected chi connectivity index (χ1v) is 11.4. The zero-order valence-corrected chi connectivity index (χ0v) is 18.5. The lowest BCUT2D eigenvalue weighted by Gasteiger charge is -2.21. The second-order valence-corrected chi connectivity index (χ2v) is 9.06. The van der Waals surface area contributed by atoms with Gasteiger partial charge in [0.1, 0.15) is 6.04 Å². The summed E-state index contributed by atoms with van der Waals surface area (Å²) >= 11 is 0. The number of nitrogens with one attached hydrogen (secondary N) is 2. The highest BCUT2D eigenvalue weighted by Gasteiger charge is 2.25. The maximum absolute atomic E-state index is 12.6. The van der Waals surface area contributed by atoms with Crippen LogP contribution in [0.5, 0.6) is 0 Å². The van der Waals surface area contributed by atoms with Crippen LogP contribution >= 0.6 is 0 Å². The molecule has 9 heteroatoms. The van der Waals surface area contributed by atoms with Gasteiger partial charge in [-0.1, -0.05) is 39.8 Å². The normalized spacial score (nSPS) is 12.7. The molecule has 0 saturated heterocycles. The Balaban J connectivity index is 2.01. The topological polar surface area (TPSA) is 109 Å². The molecule has 1 atom stereocenters. The zero-order chi connectivity index (χ0) is 22.3. The third-order valence-corrected chi connectivity index (χ3v) is 6.78. The molecule has 0 spiro atoms. The van der Waals surface area contributed by atoms with E-state index in [2.05, 4.69) is 10.6 Å². The smallest absolute Gasteiger partial charge is 0.287 e. The van der Waals surface area contributed by atoms with Crippen LogP contribution in [-0.4, -0.2) is 43.7 Å². The lowest BCUT2D eigenvalue weighted by Crippen LogP contribution is -2.49. The van der Waals surface area contributed by atoms with Gasteiger partial charge in [0.25, 0.3) is 5.91 Å². The zero-order valence-electron chi connectivity index (χ0n) is 17.7. The fourth-order valence-corrected chi connectivity index (χ4v) is 4.40. The van der Waals surface area contributed by atoms with Crippen molar-refractivity contribution in [3.05, 3.63) is 54.0 Å². The van der Waals surface area contributed by atoms with Gasteiger partial charge in [0.15, 0.2) is 5.76 Å². The van der Waals surface area contributed by atoms with Crippen molar-refractivity contribution in [2.75, 3.05) is 13.1 Å².